The van der Waals surface area contributed by atoms with Gasteiger partial charge in [0.25, 0.3) is 0 Å². The van der Waals surface area contributed by atoms with Crippen LogP contribution in [0.3, 0.4) is 0 Å². The van der Waals surface area contributed by atoms with Gasteiger partial charge >= 0.3 is 0 Å². The summed E-state index contributed by atoms with van der Waals surface area (Å²) in [4.78, 5) is 0. The summed E-state index contributed by atoms with van der Waals surface area (Å²) in [6.45, 7) is 18.1. The third-order valence-corrected chi connectivity index (χ3v) is 11.4. The van der Waals surface area contributed by atoms with Gasteiger partial charge in [-0.25, -0.2) is 0 Å². The topological polar surface area (TPSA) is 0 Å². The summed E-state index contributed by atoms with van der Waals surface area (Å²) >= 11 is 0. The highest BCUT2D eigenvalue weighted by Gasteiger charge is 2.14. The highest BCUT2D eigenvalue weighted by molar-refractivity contribution is 5.38. The average molecular weight is 655 g/mol. The molecule has 0 heteroatoms. The van der Waals surface area contributed by atoms with Crippen molar-refractivity contribution in [3.63, 3.8) is 0 Å². The van der Waals surface area contributed by atoms with E-state index in [0.29, 0.717) is 23.7 Å². The Labute approximate surface area is 301 Å². The maximum atomic E-state index is 2.42. The SMILES string of the molecule is CC(C)c1ccc2c(c1)CCC2.CC(C)c1ccc2c(c1)CCC2.CC(C)c1ccc2c(c1)CCC2.CC(C)c1ccc2c(c1)CCCC2. The Hall–Kier alpha value is -3.12. The van der Waals surface area contributed by atoms with Crippen LogP contribution in [0, 0.1) is 0 Å². The fourth-order valence-electron chi connectivity index (χ4n) is 7.97. The van der Waals surface area contributed by atoms with Gasteiger partial charge in [0.2, 0.25) is 0 Å². The Morgan fingerprint density at radius 1 is 0.265 bits per heavy atom. The minimum atomic E-state index is 0.673. The van der Waals surface area contributed by atoms with E-state index in [1.807, 2.05) is 0 Å². The molecule has 0 nitrogen and oxygen atoms in total. The van der Waals surface area contributed by atoms with E-state index in [0.717, 1.165) is 0 Å². The third-order valence-electron chi connectivity index (χ3n) is 11.4. The first kappa shape index (κ1) is 37.1. The Balaban J connectivity index is 0.000000127. The van der Waals surface area contributed by atoms with Gasteiger partial charge < -0.3 is 0 Å². The molecule has 262 valence electrons. The number of fused-ring (bicyclic) bond motifs is 4. The van der Waals surface area contributed by atoms with Gasteiger partial charge in [-0.15, -0.1) is 0 Å². The molecule has 0 amide bonds. The summed E-state index contributed by atoms with van der Waals surface area (Å²) in [6.07, 6.45) is 17.2. The molecule has 0 atom stereocenters. The number of hydrogen-bond donors (Lipinski definition) is 0. The van der Waals surface area contributed by atoms with Crippen LogP contribution in [0.1, 0.15) is 178 Å². The second-order valence-corrected chi connectivity index (χ2v) is 16.5. The molecule has 0 saturated heterocycles. The van der Waals surface area contributed by atoms with Crippen molar-refractivity contribution in [2.24, 2.45) is 0 Å². The molecule has 0 aliphatic heterocycles. The van der Waals surface area contributed by atoms with Gasteiger partial charge in [-0.3, -0.25) is 0 Å². The van der Waals surface area contributed by atoms with Crippen molar-refractivity contribution in [2.45, 2.75) is 163 Å². The monoisotopic (exact) mass is 655 g/mol. The minimum Gasteiger partial charge on any atom is -0.0587 e. The first-order chi connectivity index (χ1) is 23.6. The molecular weight excluding hydrogens is 589 g/mol. The molecule has 0 saturated carbocycles. The molecule has 0 N–H and O–H groups in total. The Bertz CT molecular complexity index is 1500. The first-order valence-electron chi connectivity index (χ1n) is 20.1. The zero-order valence-electron chi connectivity index (χ0n) is 32.4. The summed E-state index contributed by atoms with van der Waals surface area (Å²) in [7, 11) is 0. The lowest BCUT2D eigenvalue weighted by Crippen LogP contribution is -2.03. The van der Waals surface area contributed by atoms with Crippen molar-refractivity contribution in [3.8, 4) is 0 Å². The summed E-state index contributed by atoms with van der Waals surface area (Å²) in [5.41, 5.74) is 18.7. The Morgan fingerprint density at radius 2 is 0.469 bits per heavy atom. The van der Waals surface area contributed by atoms with E-state index in [1.54, 1.807) is 44.5 Å². The third kappa shape index (κ3) is 10.2. The molecule has 49 heavy (non-hydrogen) atoms. The first-order valence-corrected chi connectivity index (χ1v) is 20.1. The van der Waals surface area contributed by atoms with Crippen LogP contribution in [0.5, 0.6) is 0 Å². The van der Waals surface area contributed by atoms with E-state index in [9.17, 15) is 0 Å². The average Bonchev–Trinajstić information content (AvgIpc) is 3.89. The second-order valence-electron chi connectivity index (χ2n) is 16.5. The van der Waals surface area contributed by atoms with Crippen LogP contribution in [-0.4, -0.2) is 0 Å². The molecule has 4 aliphatic carbocycles. The van der Waals surface area contributed by atoms with Crippen molar-refractivity contribution in [1.29, 1.82) is 0 Å². The minimum absolute atomic E-state index is 0.673. The molecule has 4 aromatic carbocycles. The van der Waals surface area contributed by atoms with Gasteiger partial charge in [0, 0.05) is 0 Å². The summed E-state index contributed by atoms with van der Waals surface area (Å²) < 4.78 is 0. The maximum absolute atomic E-state index is 2.42. The zero-order chi connectivity index (χ0) is 34.9. The lowest BCUT2D eigenvalue weighted by Gasteiger charge is -2.17. The van der Waals surface area contributed by atoms with Gasteiger partial charge in [0.1, 0.15) is 0 Å². The maximum Gasteiger partial charge on any atom is -0.0219 e. The van der Waals surface area contributed by atoms with Crippen LogP contribution in [-0.2, 0) is 51.4 Å². The van der Waals surface area contributed by atoms with Gasteiger partial charge in [-0.1, -0.05) is 128 Å². The number of benzene rings is 4. The van der Waals surface area contributed by atoms with E-state index >= 15 is 0 Å². The molecule has 0 bridgehead atoms. The number of hydrogen-bond acceptors (Lipinski definition) is 0. The van der Waals surface area contributed by atoms with Crippen LogP contribution < -0.4 is 0 Å². The molecule has 8 rings (SSSR count). The molecule has 0 heterocycles. The standard InChI is InChI=1S/C13H18.3C12H16/c1-10(2)12-8-7-11-5-3-4-6-13(11)9-12;3*1-9(2)11-7-6-10-4-3-5-12(10)8-11/h7-10H,3-6H2,1-2H3;3*6-9H,3-5H2,1-2H3. The van der Waals surface area contributed by atoms with Crippen molar-refractivity contribution < 1.29 is 0 Å². The molecule has 4 aliphatic rings. The predicted octanol–water partition coefficient (Wildman–Crippen LogP) is 13.6. The van der Waals surface area contributed by atoms with Crippen LogP contribution in [0.4, 0.5) is 0 Å². The van der Waals surface area contributed by atoms with Crippen LogP contribution >= 0.6 is 0 Å². The highest BCUT2D eigenvalue weighted by Crippen LogP contribution is 2.28. The summed E-state index contributed by atoms with van der Waals surface area (Å²) in [5, 5.41) is 0. The van der Waals surface area contributed by atoms with E-state index < -0.39 is 0 Å². The van der Waals surface area contributed by atoms with Crippen molar-refractivity contribution >= 4 is 0 Å². The van der Waals surface area contributed by atoms with E-state index in [2.05, 4.69) is 128 Å². The summed E-state index contributed by atoms with van der Waals surface area (Å²) in [6, 6.07) is 28.1. The molecule has 0 radical (unpaired) electrons. The normalized spacial score (nSPS) is 15.4. The fraction of sp³-hybridized carbons (Fsp3) is 0.510. The highest BCUT2D eigenvalue weighted by atomic mass is 14.2. The summed E-state index contributed by atoms with van der Waals surface area (Å²) in [5.74, 6) is 2.70. The van der Waals surface area contributed by atoms with E-state index in [1.165, 1.54) is 106 Å². The number of aryl methyl sites for hydroxylation is 8. The molecular formula is C49H66. The van der Waals surface area contributed by atoms with Crippen LogP contribution in [0.15, 0.2) is 72.8 Å². The molecule has 0 fully saturated rings. The van der Waals surface area contributed by atoms with Gasteiger partial charge in [0.15, 0.2) is 0 Å². The van der Waals surface area contributed by atoms with Crippen molar-refractivity contribution in [3.05, 3.63) is 140 Å². The van der Waals surface area contributed by atoms with Crippen LogP contribution in [0.25, 0.3) is 0 Å². The molecule has 0 unspecified atom stereocenters. The Kier molecular flexibility index (Phi) is 13.4. The lowest BCUT2D eigenvalue weighted by atomic mass is 9.88. The zero-order valence-corrected chi connectivity index (χ0v) is 32.4. The molecule has 0 aromatic heterocycles. The fourth-order valence-corrected chi connectivity index (χ4v) is 7.97. The molecule has 4 aromatic rings. The molecule has 0 spiro atoms. The van der Waals surface area contributed by atoms with Gasteiger partial charge in [-0.05, 0) is 174 Å². The van der Waals surface area contributed by atoms with E-state index in [4.69, 9.17) is 0 Å². The smallest absolute Gasteiger partial charge is 0.0219 e. The quantitative estimate of drug-likeness (QED) is 0.205. The van der Waals surface area contributed by atoms with Gasteiger partial charge in [0.05, 0.1) is 0 Å². The van der Waals surface area contributed by atoms with Crippen molar-refractivity contribution in [2.75, 3.05) is 0 Å². The number of rotatable bonds is 4. The predicted molar refractivity (Wildman–Crippen MR) is 215 cm³/mol. The largest absolute Gasteiger partial charge is 0.0587 e. The Morgan fingerprint density at radius 3 is 0.714 bits per heavy atom. The second kappa shape index (κ2) is 17.7. The van der Waals surface area contributed by atoms with E-state index in [-0.39, 0.29) is 0 Å². The van der Waals surface area contributed by atoms with Crippen LogP contribution in [0.2, 0.25) is 0 Å². The van der Waals surface area contributed by atoms with Crippen molar-refractivity contribution in [1.82, 2.24) is 0 Å². The lowest BCUT2D eigenvalue weighted by molar-refractivity contribution is 0.682. The van der Waals surface area contributed by atoms with Gasteiger partial charge in [-0.2, -0.15) is 0 Å².